The number of carbonyl (C=O) groups excluding carboxylic acids is 1. The summed E-state index contributed by atoms with van der Waals surface area (Å²) in [5.74, 6) is -0.572. The van der Waals surface area contributed by atoms with E-state index in [0.29, 0.717) is 5.56 Å². The van der Waals surface area contributed by atoms with Crippen molar-refractivity contribution in [3.8, 4) is 6.07 Å². The summed E-state index contributed by atoms with van der Waals surface area (Å²) in [6.07, 6.45) is 0. The molecule has 0 saturated heterocycles. The highest BCUT2D eigenvalue weighted by Gasteiger charge is 2.15. The highest BCUT2D eigenvalue weighted by molar-refractivity contribution is 6.34. The number of halogens is 1. The van der Waals surface area contributed by atoms with Crippen LogP contribution < -0.4 is 5.73 Å². The lowest BCUT2D eigenvalue weighted by molar-refractivity contribution is 0.0474. The Kier molecular flexibility index (Phi) is 4.24. The molecule has 0 aliphatic heterocycles. The van der Waals surface area contributed by atoms with Gasteiger partial charge in [-0.05, 0) is 29.8 Å². The lowest BCUT2D eigenvalue weighted by atomic mass is 10.1. The number of nitrogens with two attached hydrogens (primary N) is 1. The molecule has 2 aromatic carbocycles. The summed E-state index contributed by atoms with van der Waals surface area (Å²) in [6.45, 7) is 0.0925. The van der Waals surface area contributed by atoms with E-state index in [0.717, 1.165) is 5.56 Å². The highest BCUT2D eigenvalue weighted by Crippen LogP contribution is 2.23. The fourth-order valence-corrected chi connectivity index (χ4v) is 1.91. The molecule has 0 radical (unpaired) electrons. The first-order valence-electron chi connectivity index (χ1n) is 5.82. The summed E-state index contributed by atoms with van der Waals surface area (Å²) in [7, 11) is 0. The third kappa shape index (κ3) is 3.08. The van der Waals surface area contributed by atoms with Crippen molar-refractivity contribution >= 4 is 23.3 Å². The predicted molar refractivity (Wildman–Crippen MR) is 76.1 cm³/mol. The minimum atomic E-state index is -0.572. The van der Waals surface area contributed by atoms with E-state index in [1.54, 1.807) is 42.5 Å². The molecule has 0 heterocycles. The van der Waals surface area contributed by atoms with Gasteiger partial charge in [-0.15, -0.1) is 0 Å². The van der Waals surface area contributed by atoms with Crippen LogP contribution in [-0.4, -0.2) is 5.97 Å². The predicted octanol–water partition coefficient (Wildman–Crippen LogP) is 3.15. The van der Waals surface area contributed by atoms with Gasteiger partial charge in [0, 0.05) is 5.69 Å². The molecule has 0 saturated carbocycles. The van der Waals surface area contributed by atoms with Crippen molar-refractivity contribution in [2.75, 3.05) is 5.73 Å². The van der Waals surface area contributed by atoms with E-state index >= 15 is 0 Å². The van der Waals surface area contributed by atoms with Crippen molar-refractivity contribution in [3.63, 3.8) is 0 Å². The Morgan fingerprint density at radius 2 is 1.95 bits per heavy atom. The molecular formula is C15H11ClN2O2. The molecular weight excluding hydrogens is 276 g/mol. The number of nitrogens with zero attached hydrogens (tertiary/aromatic N) is 1. The van der Waals surface area contributed by atoms with Crippen LogP contribution >= 0.6 is 11.6 Å². The number of ether oxygens (including phenoxy) is 1. The van der Waals surface area contributed by atoms with Crippen LogP contribution in [0.25, 0.3) is 0 Å². The fraction of sp³-hybridized carbons (Fsp3) is 0.0667. The lowest BCUT2D eigenvalue weighted by Gasteiger charge is -2.08. The smallest absolute Gasteiger partial charge is 0.342 e. The molecule has 4 nitrogen and oxygen atoms in total. The largest absolute Gasteiger partial charge is 0.457 e. The van der Waals surface area contributed by atoms with Gasteiger partial charge in [-0.25, -0.2) is 4.79 Å². The average Bonchev–Trinajstić information content (AvgIpc) is 2.45. The monoisotopic (exact) mass is 286 g/mol. The number of nitrogen functional groups attached to an aromatic ring is 1. The van der Waals surface area contributed by atoms with Gasteiger partial charge in [-0.1, -0.05) is 29.8 Å². The van der Waals surface area contributed by atoms with E-state index in [4.69, 9.17) is 27.3 Å². The van der Waals surface area contributed by atoms with Gasteiger partial charge in [0.25, 0.3) is 0 Å². The highest BCUT2D eigenvalue weighted by atomic mass is 35.5. The summed E-state index contributed by atoms with van der Waals surface area (Å²) in [5.41, 5.74) is 7.49. The van der Waals surface area contributed by atoms with E-state index < -0.39 is 5.97 Å². The topological polar surface area (TPSA) is 76.1 Å². The van der Waals surface area contributed by atoms with Gasteiger partial charge in [0.2, 0.25) is 0 Å². The Morgan fingerprint density at radius 3 is 2.55 bits per heavy atom. The molecule has 0 aromatic heterocycles. The first-order chi connectivity index (χ1) is 9.61. The number of hydrogen-bond donors (Lipinski definition) is 1. The van der Waals surface area contributed by atoms with Gasteiger partial charge in [-0.2, -0.15) is 5.26 Å². The molecule has 0 fully saturated rings. The van der Waals surface area contributed by atoms with Crippen LogP contribution in [-0.2, 0) is 11.3 Å². The molecule has 0 aliphatic rings. The Hall–Kier alpha value is -2.51. The molecule has 0 aliphatic carbocycles. The van der Waals surface area contributed by atoms with Crippen molar-refractivity contribution < 1.29 is 9.53 Å². The molecule has 2 rings (SSSR count). The Morgan fingerprint density at radius 1 is 1.25 bits per heavy atom. The molecule has 0 bridgehead atoms. The second kappa shape index (κ2) is 6.09. The van der Waals surface area contributed by atoms with Crippen molar-refractivity contribution in [1.29, 1.82) is 5.26 Å². The van der Waals surface area contributed by atoms with Gasteiger partial charge in [0.05, 0.1) is 16.7 Å². The Labute approximate surface area is 121 Å². The second-order valence-corrected chi connectivity index (χ2v) is 4.50. The van der Waals surface area contributed by atoms with Crippen LogP contribution in [0.3, 0.4) is 0 Å². The maximum Gasteiger partial charge on any atom is 0.342 e. The minimum Gasteiger partial charge on any atom is -0.457 e. The minimum absolute atomic E-state index is 0.0925. The van der Waals surface area contributed by atoms with Crippen molar-refractivity contribution in [2.24, 2.45) is 0 Å². The van der Waals surface area contributed by atoms with Crippen LogP contribution in [0.5, 0.6) is 0 Å². The quantitative estimate of drug-likeness (QED) is 0.694. The zero-order valence-corrected chi connectivity index (χ0v) is 11.2. The number of nitriles is 1. The molecule has 0 unspecified atom stereocenters. The molecule has 0 amide bonds. The summed E-state index contributed by atoms with van der Waals surface area (Å²) in [6, 6.07) is 13.6. The lowest BCUT2D eigenvalue weighted by Crippen LogP contribution is -2.09. The molecule has 0 spiro atoms. The first-order valence-corrected chi connectivity index (χ1v) is 6.20. The standard InChI is InChI=1S/C15H11ClN2O2/c16-12-2-1-3-13(18)14(12)15(19)20-9-11-6-4-10(8-17)5-7-11/h1-7H,9,18H2. The second-order valence-electron chi connectivity index (χ2n) is 4.09. The number of esters is 1. The third-order valence-corrected chi connectivity index (χ3v) is 3.02. The van der Waals surface area contributed by atoms with E-state index in [-0.39, 0.29) is 22.9 Å². The van der Waals surface area contributed by atoms with Crippen molar-refractivity contribution in [1.82, 2.24) is 0 Å². The number of carbonyl (C=O) groups is 1. The number of benzene rings is 2. The third-order valence-electron chi connectivity index (χ3n) is 2.70. The van der Waals surface area contributed by atoms with Crippen LogP contribution in [0.15, 0.2) is 42.5 Å². The van der Waals surface area contributed by atoms with Gasteiger partial charge < -0.3 is 10.5 Å². The van der Waals surface area contributed by atoms with Crippen LogP contribution in [0.2, 0.25) is 5.02 Å². The average molecular weight is 287 g/mol. The van der Waals surface area contributed by atoms with Gasteiger partial charge in [-0.3, -0.25) is 0 Å². The van der Waals surface area contributed by atoms with E-state index in [1.807, 2.05) is 6.07 Å². The van der Waals surface area contributed by atoms with Crippen LogP contribution in [0.1, 0.15) is 21.5 Å². The van der Waals surface area contributed by atoms with Crippen LogP contribution in [0.4, 0.5) is 5.69 Å². The van der Waals surface area contributed by atoms with Gasteiger partial charge in [0.1, 0.15) is 12.2 Å². The Bertz CT molecular complexity index is 655. The maximum atomic E-state index is 11.9. The molecule has 20 heavy (non-hydrogen) atoms. The van der Waals surface area contributed by atoms with E-state index in [9.17, 15) is 4.79 Å². The zero-order chi connectivity index (χ0) is 14.5. The Balaban J connectivity index is 2.07. The SMILES string of the molecule is N#Cc1ccc(COC(=O)c2c(N)cccc2Cl)cc1. The summed E-state index contributed by atoms with van der Waals surface area (Å²) >= 11 is 5.93. The number of anilines is 1. The normalized spacial score (nSPS) is 9.80. The molecule has 100 valence electrons. The summed E-state index contributed by atoms with van der Waals surface area (Å²) in [5, 5.41) is 8.95. The summed E-state index contributed by atoms with van der Waals surface area (Å²) < 4.78 is 5.16. The first kappa shape index (κ1) is 13.9. The van der Waals surface area contributed by atoms with Crippen LogP contribution in [0, 0.1) is 11.3 Å². The molecule has 2 aromatic rings. The maximum absolute atomic E-state index is 11.9. The molecule has 0 atom stereocenters. The zero-order valence-electron chi connectivity index (χ0n) is 10.5. The molecule has 2 N–H and O–H groups in total. The van der Waals surface area contributed by atoms with Gasteiger partial charge in [0.15, 0.2) is 0 Å². The number of rotatable bonds is 3. The number of hydrogen-bond acceptors (Lipinski definition) is 4. The van der Waals surface area contributed by atoms with E-state index in [1.165, 1.54) is 0 Å². The molecule has 5 heteroatoms. The van der Waals surface area contributed by atoms with E-state index in [2.05, 4.69) is 0 Å². The fourth-order valence-electron chi connectivity index (χ4n) is 1.65. The van der Waals surface area contributed by atoms with Gasteiger partial charge >= 0.3 is 5.97 Å². The van der Waals surface area contributed by atoms with Crippen molar-refractivity contribution in [3.05, 3.63) is 64.2 Å². The summed E-state index contributed by atoms with van der Waals surface area (Å²) in [4.78, 5) is 11.9. The van der Waals surface area contributed by atoms with Crippen molar-refractivity contribution in [2.45, 2.75) is 6.61 Å².